The zero-order valence-corrected chi connectivity index (χ0v) is 26.7. The van der Waals surface area contributed by atoms with Crippen LogP contribution in [0.3, 0.4) is 0 Å². The fourth-order valence-electron chi connectivity index (χ4n) is 8.81. The third-order valence-electron chi connectivity index (χ3n) is 11.6. The van der Waals surface area contributed by atoms with Gasteiger partial charge in [-0.3, -0.25) is 0 Å². The Labute approximate surface area is 280 Å². The molecule has 7 rings (SSSR count). The Morgan fingerprint density at radius 3 is 2.02 bits per heavy atom. The van der Waals surface area contributed by atoms with Crippen LogP contribution in [0.25, 0.3) is 0 Å². The third kappa shape index (κ3) is 5.91. The van der Waals surface area contributed by atoms with Gasteiger partial charge in [-0.1, -0.05) is 6.92 Å². The van der Waals surface area contributed by atoms with Crippen molar-refractivity contribution >= 4 is 5.97 Å². The van der Waals surface area contributed by atoms with Crippen molar-refractivity contribution in [3.05, 3.63) is 11.8 Å². The Morgan fingerprint density at radius 2 is 1.43 bits per heavy atom. The lowest BCUT2D eigenvalue weighted by Crippen LogP contribution is -2.61. The van der Waals surface area contributed by atoms with Gasteiger partial charge in [-0.05, 0) is 25.2 Å². The van der Waals surface area contributed by atoms with Crippen LogP contribution in [0.5, 0.6) is 0 Å². The smallest absolute Gasteiger partial charge is 0.337 e. The second-order valence-electron chi connectivity index (χ2n) is 14.2. The fraction of sp³-hybridized carbons (Fsp3) is 0.903. The number of rotatable bonds is 9. The third-order valence-corrected chi connectivity index (χ3v) is 11.6. The first-order valence-corrected chi connectivity index (χ1v) is 16.8. The van der Waals surface area contributed by atoms with Gasteiger partial charge in [0, 0.05) is 17.8 Å². The minimum atomic E-state index is -1.67. The van der Waals surface area contributed by atoms with Gasteiger partial charge in [0.15, 0.2) is 18.9 Å². The number of hydrogen-bond donors (Lipinski definition) is 9. The van der Waals surface area contributed by atoms with Gasteiger partial charge in [-0.2, -0.15) is 0 Å². The first-order chi connectivity index (χ1) is 23.4. The zero-order valence-electron chi connectivity index (χ0n) is 26.7. The van der Waals surface area contributed by atoms with Gasteiger partial charge in [0.05, 0.1) is 44.2 Å². The molecule has 0 bridgehead atoms. The number of esters is 1. The van der Waals surface area contributed by atoms with E-state index >= 15 is 0 Å². The van der Waals surface area contributed by atoms with Crippen LogP contribution in [-0.4, -0.2) is 170 Å². The summed E-state index contributed by atoms with van der Waals surface area (Å²) in [4.78, 5) is 13.8. The van der Waals surface area contributed by atoms with Gasteiger partial charge in [0.2, 0.25) is 6.29 Å². The molecule has 0 aromatic heterocycles. The summed E-state index contributed by atoms with van der Waals surface area (Å²) in [6.07, 6.45) is -15.6. The number of aliphatic hydroxyl groups excluding tert-OH is 9. The van der Waals surface area contributed by atoms with Crippen LogP contribution >= 0.6 is 0 Å². The van der Waals surface area contributed by atoms with Crippen LogP contribution in [0.4, 0.5) is 0 Å². The molecule has 6 fully saturated rings. The van der Waals surface area contributed by atoms with Crippen LogP contribution in [0.2, 0.25) is 0 Å². The summed E-state index contributed by atoms with van der Waals surface area (Å²) in [6, 6.07) is 0. The lowest BCUT2D eigenvalue weighted by Gasteiger charge is -2.44. The average molecular weight is 707 g/mol. The monoisotopic (exact) mass is 706 g/mol. The first-order valence-electron chi connectivity index (χ1n) is 16.8. The molecule has 9 N–H and O–H groups in total. The van der Waals surface area contributed by atoms with Crippen molar-refractivity contribution in [3.63, 3.8) is 0 Å². The quantitative estimate of drug-likeness (QED) is 0.0808. The minimum Gasteiger partial charge on any atom is -0.472 e. The molecule has 5 heterocycles. The topological polar surface area (TPSA) is 276 Å². The fourth-order valence-corrected chi connectivity index (χ4v) is 8.81. The molecule has 0 aromatic carbocycles. The van der Waals surface area contributed by atoms with Crippen molar-refractivity contribution in [2.75, 3.05) is 26.4 Å². The molecule has 2 saturated carbocycles. The summed E-state index contributed by atoms with van der Waals surface area (Å²) in [5.41, 5.74) is -0.913. The van der Waals surface area contributed by atoms with E-state index < -0.39 is 129 Å². The molecule has 0 spiro atoms. The van der Waals surface area contributed by atoms with Crippen molar-refractivity contribution in [3.8, 4) is 0 Å². The van der Waals surface area contributed by atoms with E-state index in [1.807, 2.05) is 6.92 Å². The van der Waals surface area contributed by atoms with E-state index in [2.05, 4.69) is 0 Å². The van der Waals surface area contributed by atoms with Gasteiger partial charge in [0.1, 0.15) is 66.6 Å². The number of carbonyl (C=O) groups excluding carboxylic acids is 1. The molecule has 18 nitrogen and oxygen atoms in total. The van der Waals surface area contributed by atoms with Gasteiger partial charge in [-0.15, -0.1) is 0 Å². The zero-order chi connectivity index (χ0) is 34.9. The van der Waals surface area contributed by atoms with Crippen LogP contribution in [-0.2, 0) is 42.7 Å². The molecule has 2 aliphatic carbocycles. The van der Waals surface area contributed by atoms with Crippen LogP contribution in [0.1, 0.15) is 26.2 Å². The number of ether oxygens (including phenoxy) is 8. The van der Waals surface area contributed by atoms with Gasteiger partial charge in [-0.25, -0.2) is 4.79 Å². The Morgan fingerprint density at radius 1 is 0.816 bits per heavy atom. The summed E-state index contributed by atoms with van der Waals surface area (Å²) in [6.45, 7) is 0.421. The van der Waals surface area contributed by atoms with E-state index in [1.54, 1.807) is 0 Å². The largest absolute Gasteiger partial charge is 0.472 e. The minimum absolute atomic E-state index is 0.0110. The highest BCUT2D eigenvalue weighted by atomic mass is 16.8. The predicted octanol–water partition coefficient (Wildman–Crippen LogP) is -4.44. The van der Waals surface area contributed by atoms with E-state index in [9.17, 15) is 50.8 Å². The van der Waals surface area contributed by atoms with Gasteiger partial charge < -0.3 is 83.9 Å². The summed E-state index contributed by atoms with van der Waals surface area (Å²) in [5.74, 6) is -2.44. The molecule has 0 amide bonds. The van der Waals surface area contributed by atoms with Crippen molar-refractivity contribution < 1.29 is 88.6 Å². The number of hydrogen-bond acceptors (Lipinski definition) is 18. The molecular weight excluding hydrogens is 660 g/mol. The van der Waals surface area contributed by atoms with Crippen LogP contribution < -0.4 is 0 Å². The van der Waals surface area contributed by atoms with Crippen molar-refractivity contribution in [2.45, 2.75) is 118 Å². The average Bonchev–Trinajstić information content (AvgIpc) is 3.62. The maximum absolute atomic E-state index is 13.8. The molecule has 14 unspecified atom stereocenters. The number of aliphatic hydroxyl groups is 9. The van der Waals surface area contributed by atoms with E-state index in [0.717, 1.165) is 6.42 Å². The predicted molar refractivity (Wildman–Crippen MR) is 154 cm³/mol. The SMILES string of the molecule is C[C@@H]1CCC2C(C(=O)O[C@H]3C4CCO[C@@H](OC5OC(CO)C(O)C(O)C5O)C4[C@@]4(CO)O[C@@H]34)=CO[C@@H](OC3OC(CO)C(O)C(O)C3O)C21. The molecule has 7 aliphatic rings. The van der Waals surface area contributed by atoms with Crippen molar-refractivity contribution in [2.24, 2.45) is 29.6 Å². The lowest BCUT2D eigenvalue weighted by atomic mass is 9.82. The van der Waals surface area contributed by atoms with E-state index in [1.165, 1.54) is 6.26 Å². The van der Waals surface area contributed by atoms with Gasteiger partial charge >= 0.3 is 5.97 Å². The summed E-state index contributed by atoms with van der Waals surface area (Å²) < 4.78 is 46.8. The van der Waals surface area contributed by atoms with E-state index in [4.69, 9.17) is 37.9 Å². The highest BCUT2D eigenvalue weighted by molar-refractivity contribution is 5.89. The molecule has 49 heavy (non-hydrogen) atoms. The van der Waals surface area contributed by atoms with Crippen LogP contribution in [0.15, 0.2) is 11.8 Å². The number of fused-ring (bicyclic) bond motifs is 4. The highest BCUT2D eigenvalue weighted by Crippen LogP contribution is 2.61. The lowest BCUT2D eigenvalue weighted by molar-refractivity contribution is -0.356. The van der Waals surface area contributed by atoms with Crippen molar-refractivity contribution in [1.82, 2.24) is 0 Å². The summed E-state index contributed by atoms with van der Waals surface area (Å²) in [5, 5.41) is 91.4. The summed E-state index contributed by atoms with van der Waals surface area (Å²) in [7, 11) is 0. The van der Waals surface area contributed by atoms with Crippen molar-refractivity contribution in [1.29, 1.82) is 0 Å². The maximum atomic E-state index is 13.8. The molecule has 0 radical (unpaired) electrons. The Balaban J connectivity index is 1.05. The number of carbonyl (C=O) groups is 1. The second kappa shape index (κ2) is 13.8. The van der Waals surface area contributed by atoms with E-state index in [-0.39, 0.29) is 29.9 Å². The normalized spacial score (nSPS) is 53.5. The Hall–Kier alpha value is -1.59. The van der Waals surface area contributed by atoms with Gasteiger partial charge in [0.25, 0.3) is 0 Å². The molecule has 278 valence electrons. The number of epoxide rings is 1. The summed E-state index contributed by atoms with van der Waals surface area (Å²) >= 11 is 0. The van der Waals surface area contributed by atoms with E-state index in [0.29, 0.717) is 12.8 Å². The highest BCUT2D eigenvalue weighted by Gasteiger charge is 2.77. The molecule has 18 heteroatoms. The van der Waals surface area contributed by atoms with Crippen LogP contribution in [0, 0.1) is 29.6 Å². The molecule has 4 saturated heterocycles. The second-order valence-corrected chi connectivity index (χ2v) is 14.2. The Bertz CT molecular complexity index is 1230. The molecular formula is C31H46O18. The maximum Gasteiger partial charge on any atom is 0.337 e. The molecule has 5 aliphatic heterocycles. The molecule has 0 aromatic rings. The Kier molecular flexibility index (Phi) is 10.0. The first kappa shape index (κ1) is 35.8. The molecule has 20 atom stereocenters. The standard InChI is InChI=1S/C31H46O18/c1-10-2-3-11-13(8-43-27(16(10)11)47-29-22(39)20(37)18(35)14(6-32)44-29)26(41)46-24-12-4-5-42-28(17(12)31(9-34)25(24)49-31)48-30-23(40)21(38)19(36)15(7-33)45-30/h8,10-12,14-25,27-30,32-40H,2-7,9H2,1H3/t10-,11?,12?,14?,15?,16?,17?,18?,19?,20?,21?,22?,23?,24+,25+,27+,28+,29?,30?,31-/m1/s1.